The first-order valence-electron chi connectivity index (χ1n) is 5.81. The van der Waals surface area contributed by atoms with Gasteiger partial charge in [0.15, 0.2) is 0 Å². The van der Waals surface area contributed by atoms with Crippen LogP contribution in [-0.2, 0) is 20.8 Å². The predicted octanol–water partition coefficient (Wildman–Crippen LogP) is 0.771. The SMILES string of the molecule is COCCOCC(=O)N(C)c1ccc(CN)cc1. The summed E-state index contributed by atoms with van der Waals surface area (Å²) in [7, 11) is 3.32. The molecule has 0 spiro atoms. The molecular weight excluding hydrogens is 232 g/mol. The third kappa shape index (κ3) is 4.44. The summed E-state index contributed by atoms with van der Waals surface area (Å²) in [4.78, 5) is 13.4. The van der Waals surface area contributed by atoms with Gasteiger partial charge in [-0.15, -0.1) is 0 Å². The van der Waals surface area contributed by atoms with Gasteiger partial charge in [0, 0.05) is 26.4 Å². The van der Waals surface area contributed by atoms with Crippen molar-refractivity contribution in [3.8, 4) is 0 Å². The number of nitrogens with two attached hydrogens (primary N) is 1. The van der Waals surface area contributed by atoms with Crippen LogP contribution in [0.15, 0.2) is 24.3 Å². The second-order valence-electron chi connectivity index (χ2n) is 3.87. The molecule has 0 unspecified atom stereocenters. The minimum atomic E-state index is -0.0911. The fourth-order valence-corrected chi connectivity index (χ4v) is 1.40. The van der Waals surface area contributed by atoms with Gasteiger partial charge in [0.2, 0.25) is 0 Å². The van der Waals surface area contributed by atoms with Crippen LogP contribution in [0.25, 0.3) is 0 Å². The summed E-state index contributed by atoms with van der Waals surface area (Å²) in [6, 6.07) is 7.56. The van der Waals surface area contributed by atoms with Crippen LogP contribution in [0, 0.1) is 0 Å². The third-order valence-electron chi connectivity index (χ3n) is 2.59. The molecule has 5 heteroatoms. The van der Waals surface area contributed by atoms with E-state index in [9.17, 15) is 4.79 Å². The van der Waals surface area contributed by atoms with Crippen LogP contribution in [0.4, 0.5) is 5.69 Å². The van der Waals surface area contributed by atoms with Crippen molar-refractivity contribution in [2.45, 2.75) is 6.54 Å². The Bertz CT molecular complexity index is 365. The fourth-order valence-electron chi connectivity index (χ4n) is 1.40. The maximum absolute atomic E-state index is 11.8. The molecule has 0 bridgehead atoms. The van der Waals surface area contributed by atoms with Crippen LogP contribution in [-0.4, -0.2) is 39.9 Å². The lowest BCUT2D eigenvalue weighted by Crippen LogP contribution is -2.30. The molecule has 1 aromatic carbocycles. The topological polar surface area (TPSA) is 64.8 Å². The second-order valence-corrected chi connectivity index (χ2v) is 3.87. The summed E-state index contributed by atoms with van der Waals surface area (Å²) < 4.78 is 10.0. The number of carbonyl (C=O) groups is 1. The fraction of sp³-hybridized carbons (Fsp3) is 0.462. The van der Waals surface area contributed by atoms with Crippen LogP contribution in [0.1, 0.15) is 5.56 Å². The molecule has 5 nitrogen and oxygen atoms in total. The Morgan fingerprint density at radius 2 is 1.94 bits per heavy atom. The van der Waals surface area contributed by atoms with Crippen molar-refractivity contribution in [2.75, 3.05) is 38.9 Å². The van der Waals surface area contributed by atoms with E-state index in [1.54, 1.807) is 19.1 Å². The summed E-state index contributed by atoms with van der Waals surface area (Å²) in [5.74, 6) is -0.0911. The largest absolute Gasteiger partial charge is 0.382 e. The average molecular weight is 252 g/mol. The number of benzene rings is 1. The van der Waals surface area contributed by atoms with Gasteiger partial charge in [-0.05, 0) is 17.7 Å². The zero-order chi connectivity index (χ0) is 13.4. The number of carbonyl (C=O) groups excluding carboxylic acids is 1. The molecule has 0 radical (unpaired) electrons. The van der Waals surface area contributed by atoms with Crippen molar-refractivity contribution < 1.29 is 14.3 Å². The first-order chi connectivity index (χ1) is 8.69. The Morgan fingerprint density at radius 1 is 1.28 bits per heavy atom. The zero-order valence-corrected chi connectivity index (χ0v) is 10.9. The molecule has 0 saturated heterocycles. The highest BCUT2D eigenvalue weighted by molar-refractivity contribution is 5.93. The van der Waals surface area contributed by atoms with Crippen LogP contribution >= 0.6 is 0 Å². The van der Waals surface area contributed by atoms with Gasteiger partial charge in [0.05, 0.1) is 13.2 Å². The molecule has 2 N–H and O–H groups in total. The van der Waals surface area contributed by atoms with Gasteiger partial charge in [-0.2, -0.15) is 0 Å². The predicted molar refractivity (Wildman–Crippen MR) is 70.4 cm³/mol. The molecule has 0 saturated carbocycles. The smallest absolute Gasteiger partial charge is 0.252 e. The molecule has 1 rings (SSSR count). The van der Waals surface area contributed by atoms with E-state index in [-0.39, 0.29) is 12.5 Å². The van der Waals surface area contributed by atoms with Crippen molar-refractivity contribution in [3.05, 3.63) is 29.8 Å². The highest BCUT2D eigenvalue weighted by Gasteiger charge is 2.10. The maximum Gasteiger partial charge on any atom is 0.252 e. The molecule has 0 aliphatic heterocycles. The quantitative estimate of drug-likeness (QED) is 0.728. The normalized spacial score (nSPS) is 10.4. The number of ether oxygens (including phenoxy) is 2. The van der Waals surface area contributed by atoms with E-state index in [0.717, 1.165) is 11.3 Å². The molecular formula is C13H20N2O3. The van der Waals surface area contributed by atoms with Crippen LogP contribution in [0.2, 0.25) is 0 Å². The van der Waals surface area contributed by atoms with Crippen LogP contribution in [0.5, 0.6) is 0 Å². The number of likely N-dealkylation sites (N-methyl/N-ethyl adjacent to an activating group) is 1. The Hall–Kier alpha value is -1.43. The molecule has 18 heavy (non-hydrogen) atoms. The lowest BCUT2D eigenvalue weighted by molar-refractivity contribution is -0.123. The molecule has 100 valence electrons. The Kier molecular flexibility index (Phi) is 6.35. The Morgan fingerprint density at radius 3 is 2.50 bits per heavy atom. The zero-order valence-electron chi connectivity index (χ0n) is 10.9. The summed E-state index contributed by atoms with van der Waals surface area (Å²) in [5, 5.41) is 0. The molecule has 1 aromatic rings. The summed E-state index contributed by atoms with van der Waals surface area (Å²) in [6.45, 7) is 1.46. The summed E-state index contributed by atoms with van der Waals surface area (Å²) in [6.07, 6.45) is 0. The van der Waals surface area contributed by atoms with Crippen molar-refractivity contribution in [1.82, 2.24) is 0 Å². The Balaban J connectivity index is 2.46. The van der Waals surface area contributed by atoms with E-state index in [1.165, 1.54) is 0 Å². The third-order valence-corrected chi connectivity index (χ3v) is 2.59. The van der Waals surface area contributed by atoms with E-state index in [2.05, 4.69) is 0 Å². The molecule has 0 fully saturated rings. The molecule has 0 aromatic heterocycles. The lowest BCUT2D eigenvalue weighted by Gasteiger charge is -2.17. The number of anilines is 1. The molecule has 0 aliphatic carbocycles. The van der Waals surface area contributed by atoms with Gasteiger partial charge in [0.1, 0.15) is 6.61 Å². The standard InChI is InChI=1S/C13H20N2O3/c1-15(13(16)10-18-8-7-17-2)12-5-3-11(9-14)4-6-12/h3-6H,7-10,14H2,1-2H3. The molecule has 0 atom stereocenters. The summed E-state index contributed by atoms with van der Waals surface area (Å²) in [5.41, 5.74) is 7.38. The molecule has 1 amide bonds. The Labute approximate surface area is 107 Å². The minimum absolute atomic E-state index is 0.0541. The average Bonchev–Trinajstić information content (AvgIpc) is 2.42. The van der Waals surface area contributed by atoms with Crippen LogP contribution < -0.4 is 10.6 Å². The number of nitrogens with zero attached hydrogens (tertiary/aromatic N) is 1. The van der Waals surface area contributed by atoms with E-state index >= 15 is 0 Å². The van der Waals surface area contributed by atoms with Gasteiger partial charge in [0.25, 0.3) is 5.91 Å². The number of methoxy groups -OCH3 is 1. The number of rotatable bonds is 7. The first kappa shape index (κ1) is 14.6. The van der Waals surface area contributed by atoms with E-state index in [4.69, 9.17) is 15.2 Å². The van der Waals surface area contributed by atoms with Gasteiger partial charge in [-0.3, -0.25) is 4.79 Å². The number of hydrogen-bond acceptors (Lipinski definition) is 4. The van der Waals surface area contributed by atoms with Gasteiger partial charge < -0.3 is 20.1 Å². The van der Waals surface area contributed by atoms with Crippen molar-refractivity contribution in [1.29, 1.82) is 0 Å². The first-order valence-corrected chi connectivity index (χ1v) is 5.81. The highest BCUT2D eigenvalue weighted by atomic mass is 16.5. The lowest BCUT2D eigenvalue weighted by atomic mass is 10.2. The van der Waals surface area contributed by atoms with Crippen molar-refractivity contribution in [3.63, 3.8) is 0 Å². The van der Waals surface area contributed by atoms with Gasteiger partial charge in [-0.1, -0.05) is 12.1 Å². The minimum Gasteiger partial charge on any atom is -0.382 e. The van der Waals surface area contributed by atoms with E-state index < -0.39 is 0 Å². The highest BCUT2D eigenvalue weighted by Crippen LogP contribution is 2.13. The van der Waals surface area contributed by atoms with Crippen LogP contribution in [0.3, 0.4) is 0 Å². The van der Waals surface area contributed by atoms with Crippen molar-refractivity contribution in [2.24, 2.45) is 5.73 Å². The molecule has 0 heterocycles. The second kappa shape index (κ2) is 7.81. The number of amides is 1. The van der Waals surface area contributed by atoms with E-state index in [0.29, 0.717) is 19.8 Å². The number of hydrogen-bond donors (Lipinski definition) is 1. The monoisotopic (exact) mass is 252 g/mol. The van der Waals surface area contributed by atoms with Crippen molar-refractivity contribution >= 4 is 11.6 Å². The van der Waals surface area contributed by atoms with Gasteiger partial charge in [-0.25, -0.2) is 0 Å². The maximum atomic E-state index is 11.8. The van der Waals surface area contributed by atoms with E-state index in [1.807, 2.05) is 24.3 Å². The summed E-state index contributed by atoms with van der Waals surface area (Å²) >= 11 is 0. The van der Waals surface area contributed by atoms with Gasteiger partial charge >= 0.3 is 0 Å². The molecule has 0 aliphatic rings.